The van der Waals surface area contributed by atoms with E-state index in [1.165, 1.54) is 10.9 Å². The summed E-state index contributed by atoms with van der Waals surface area (Å²) in [6, 6.07) is 0. The molecule has 0 saturated carbocycles. The molecule has 1 N–H and O–H groups in total. The summed E-state index contributed by atoms with van der Waals surface area (Å²) < 4.78 is 2.16. The van der Waals surface area contributed by atoms with Crippen LogP contribution in [-0.2, 0) is 7.05 Å². The van der Waals surface area contributed by atoms with Crippen molar-refractivity contribution < 1.29 is 9.90 Å². The number of aryl methyl sites for hydroxylation is 1. The first kappa shape index (κ1) is 7.52. The van der Waals surface area contributed by atoms with Gasteiger partial charge in [-0.3, -0.25) is 4.68 Å². The molecule has 1 aromatic heterocycles. The Hall–Kier alpha value is -0.590. The maximum Gasteiger partial charge on any atom is 0.340 e. The van der Waals surface area contributed by atoms with Gasteiger partial charge in [0.05, 0.1) is 6.20 Å². The number of hydrogen-bond acceptors (Lipinski definition) is 2. The number of halogens is 1. The van der Waals surface area contributed by atoms with Gasteiger partial charge in [0.2, 0.25) is 0 Å². The zero-order valence-corrected chi connectivity index (χ0v) is 7.36. The van der Waals surface area contributed by atoms with Crippen molar-refractivity contribution in [3.8, 4) is 0 Å². The van der Waals surface area contributed by atoms with Crippen molar-refractivity contribution in [2.24, 2.45) is 7.05 Å². The first-order valence-electron chi connectivity index (χ1n) is 2.53. The smallest absolute Gasteiger partial charge is 0.340 e. The van der Waals surface area contributed by atoms with E-state index in [2.05, 4.69) is 5.10 Å². The predicted octanol–water partition coefficient (Wildman–Crippen LogP) is 0.723. The SMILES string of the molecule is Cn1ncc(C(=O)O)c1I. The molecule has 5 heteroatoms. The summed E-state index contributed by atoms with van der Waals surface area (Å²) in [6.07, 6.45) is 1.34. The molecule has 0 atom stereocenters. The summed E-state index contributed by atoms with van der Waals surface area (Å²) in [7, 11) is 1.70. The molecule has 0 bridgehead atoms. The van der Waals surface area contributed by atoms with Gasteiger partial charge in [-0.2, -0.15) is 5.10 Å². The Morgan fingerprint density at radius 1 is 1.90 bits per heavy atom. The molecule has 1 aromatic rings. The van der Waals surface area contributed by atoms with Crippen molar-refractivity contribution in [3.05, 3.63) is 15.5 Å². The molecule has 1 heterocycles. The fourth-order valence-electron chi connectivity index (χ4n) is 0.566. The largest absolute Gasteiger partial charge is 0.478 e. The fourth-order valence-corrected chi connectivity index (χ4v) is 1.06. The monoisotopic (exact) mass is 252 g/mol. The van der Waals surface area contributed by atoms with Crippen molar-refractivity contribution in [2.45, 2.75) is 0 Å². The summed E-state index contributed by atoms with van der Waals surface area (Å²) in [5.74, 6) is -0.933. The van der Waals surface area contributed by atoms with Crippen molar-refractivity contribution in [2.75, 3.05) is 0 Å². The molecule has 0 spiro atoms. The van der Waals surface area contributed by atoms with Gasteiger partial charge in [-0.15, -0.1) is 0 Å². The van der Waals surface area contributed by atoms with E-state index < -0.39 is 5.97 Å². The van der Waals surface area contributed by atoms with Crippen molar-refractivity contribution in [3.63, 3.8) is 0 Å². The van der Waals surface area contributed by atoms with Crippen LogP contribution in [0.25, 0.3) is 0 Å². The number of aromatic carboxylic acids is 1. The van der Waals surface area contributed by atoms with Crippen LogP contribution < -0.4 is 0 Å². The van der Waals surface area contributed by atoms with Crippen LogP contribution >= 0.6 is 22.6 Å². The van der Waals surface area contributed by atoms with Gasteiger partial charge in [0.15, 0.2) is 0 Å². The van der Waals surface area contributed by atoms with Crippen LogP contribution in [0.2, 0.25) is 0 Å². The van der Waals surface area contributed by atoms with Crippen LogP contribution in [0.3, 0.4) is 0 Å². The Labute approximate surface area is 71.0 Å². The second-order valence-corrected chi connectivity index (χ2v) is 2.80. The average Bonchev–Trinajstić information content (AvgIpc) is 2.14. The minimum Gasteiger partial charge on any atom is -0.478 e. The number of carbonyl (C=O) groups is 1. The van der Waals surface area contributed by atoms with E-state index in [1.807, 2.05) is 22.6 Å². The molecule has 0 amide bonds. The molecule has 0 unspecified atom stereocenters. The highest BCUT2D eigenvalue weighted by Gasteiger charge is 2.10. The molecule has 54 valence electrons. The maximum atomic E-state index is 10.4. The van der Waals surface area contributed by atoms with Gasteiger partial charge in [0, 0.05) is 7.05 Å². The average molecular weight is 252 g/mol. The van der Waals surface area contributed by atoms with Gasteiger partial charge in [-0.25, -0.2) is 4.79 Å². The Morgan fingerprint density at radius 3 is 2.70 bits per heavy atom. The van der Waals surface area contributed by atoms with Crippen molar-refractivity contribution in [1.82, 2.24) is 9.78 Å². The van der Waals surface area contributed by atoms with E-state index in [1.54, 1.807) is 7.05 Å². The van der Waals surface area contributed by atoms with E-state index in [0.717, 1.165) is 0 Å². The molecule has 0 aliphatic rings. The Bertz CT molecular complexity index is 269. The zero-order valence-electron chi connectivity index (χ0n) is 5.21. The first-order valence-corrected chi connectivity index (χ1v) is 3.61. The molecule has 0 fully saturated rings. The highest BCUT2D eigenvalue weighted by molar-refractivity contribution is 14.1. The van der Waals surface area contributed by atoms with Crippen molar-refractivity contribution >= 4 is 28.6 Å². The van der Waals surface area contributed by atoms with Gasteiger partial charge in [-0.1, -0.05) is 0 Å². The van der Waals surface area contributed by atoms with Gasteiger partial charge in [-0.05, 0) is 22.6 Å². The molecule has 1 rings (SSSR count). The second-order valence-electron chi connectivity index (χ2n) is 1.78. The van der Waals surface area contributed by atoms with Gasteiger partial charge >= 0.3 is 5.97 Å². The van der Waals surface area contributed by atoms with Crippen LogP contribution in [0.5, 0.6) is 0 Å². The van der Waals surface area contributed by atoms with E-state index >= 15 is 0 Å². The van der Waals surface area contributed by atoms with Crippen LogP contribution in [0.1, 0.15) is 10.4 Å². The summed E-state index contributed by atoms with van der Waals surface area (Å²) in [6.45, 7) is 0. The molecular formula is C5H5IN2O2. The van der Waals surface area contributed by atoms with E-state index in [0.29, 0.717) is 3.70 Å². The Balaban J connectivity index is 3.17. The van der Waals surface area contributed by atoms with E-state index in [-0.39, 0.29) is 5.56 Å². The van der Waals surface area contributed by atoms with Gasteiger partial charge in [0.25, 0.3) is 0 Å². The number of aromatic nitrogens is 2. The molecule has 0 aliphatic heterocycles. The normalized spacial score (nSPS) is 9.80. The predicted molar refractivity (Wildman–Crippen MR) is 42.9 cm³/mol. The Morgan fingerprint density at radius 2 is 2.50 bits per heavy atom. The first-order chi connectivity index (χ1) is 4.63. The maximum absolute atomic E-state index is 10.4. The molecule has 10 heavy (non-hydrogen) atoms. The second kappa shape index (κ2) is 2.57. The summed E-state index contributed by atoms with van der Waals surface area (Å²) >= 11 is 1.93. The number of carboxylic acid groups (broad SMARTS) is 1. The molecular weight excluding hydrogens is 247 g/mol. The third kappa shape index (κ3) is 1.13. The van der Waals surface area contributed by atoms with Crippen molar-refractivity contribution in [1.29, 1.82) is 0 Å². The number of nitrogens with zero attached hydrogens (tertiary/aromatic N) is 2. The lowest BCUT2D eigenvalue weighted by Crippen LogP contribution is -1.99. The number of rotatable bonds is 1. The summed E-state index contributed by atoms with van der Waals surface area (Å²) in [5.41, 5.74) is 0.253. The highest BCUT2D eigenvalue weighted by Crippen LogP contribution is 2.09. The summed E-state index contributed by atoms with van der Waals surface area (Å²) in [5, 5.41) is 12.3. The molecule has 0 saturated heterocycles. The van der Waals surface area contributed by atoms with E-state index in [9.17, 15) is 4.79 Å². The van der Waals surface area contributed by atoms with Crippen LogP contribution in [0.4, 0.5) is 0 Å². The van der Waals surface area contributed by atoms with Crippen LogP contribution in [0.15, 0.2) is 6.20 Å². The van der Waals surface area contributed by atoms with Gasteiger partial charge < -0.3 is 5.11 Å². The standard InChI is InChI=1S/C5H5IN2O2/c1-8-4(6)3(2-7-8)5(9)10/h2H,1H3,(H,9,10). The van der Waals surface area contributed by atoms with E-state index in [4.69, 9.17) is 5.11 Å². The molecule has 0 aliphatic carbocycles. The lowest BCUT2D eigenvalue weighted by atomic mass is 10.4. The van der Waals surface area contributed by atoms with Crippen LogP contribution in [-0.4, -0.2) is 20.9 Å². The topological polar surface area (TPSA) is 55.1 Å². The quantitative estimate of drug-likeness (QED) is 0.749. The highest BCUT2D eigenvalue weighted by atomic mass is 127. The fraction of sp³-hybridized carbons (Fsp3) is 0.200. The minimum absolute atomic E-state index is 0.253. The molecule has 4 nitrogen and oxygen atoms in total. The minimum atomic E-state index is -0.933. The van der Waals surface area contributed by atoms with Gasteiger partial charge in [0.1, 0.15) is 9.26 Å². The molecule has 0 aromatic carbocycles. The summed E-state index contributed by atoms with van der Waals surface area (Å²) in [4.78, 5) is 10.4. The third-order valence-electron chi connectivity index (χ3n) is 1.10. The third-order valence-corrected chi connectivity index (χ3v) is 2.38. The Kier molecular flexibility index (Phi) is 1.93. The lowest BCUT2D eigenvalue weighted by Gasteiger charge is -1.90. The lowest BCUT2D eigenvalue weighted by molar-refractivity contribution is 0.0695. The zero-order chi connectivity index (χ0) is 7.72. The molecule has 0 radical (unpaired) electrons. The number of carboxylic acids is 1. The number of hydrogen-bond donors (Lipinski definition) is 1. The van der Waals surface area contributed by atoms with Crippen LogP contribution in [0, 0.1) is 3.70 Å².